The van der Waals surface area contributed by atoms with Crippen LogP contribution in [0.2, 0.25) is 0 Å². The molecule has 0 aliphatic carbocycles. The quantitative estimate of drug-likeness (QED) is 0.648. The molecule has 0 bridgehead atoms. The molecule has 0 amide bonds. The highest BCUT2D eigenvalue weighted by Gasteiger charge is 1.95. The minimum atomic E-state index is 0.822. The van der Waals surface area contributed by atoms with E-state index in [0.29, 0.717) is 0 Å². The summed E-state index contributed by atoms with van der Waals surface area (Å²) in [6, 6.07) is 27.0. The Kier molecular flexibility index (Phi) is 5.79. The normalized spacial score (nSPS) is 9.73. The first-order valence-electron chi connectivity index (χ1n) is 7.55. The van der Waals surface area contributed by atoms with Gasteiger partial charge in [-0.2, -0.15) is 0 Å². The van der Waals surface area contributed by atoms with Crippen LogP contribution in [0.5, 0.6) is 0 Å². The zero-order valence-electron chi connectivity index (χ0n) is 13.3. The van der Waals surface area contributed by atoms with E-state index in [4.69, 9.17) is 5.73 Å². The number of rotatable bonds is 2. The largest absolute Gasteiger partial charge is 0.399 e. The maximum absolute atomic E-state index is 5.64. The van der Waals surface area contributed by atoms with Gasteiger partial charge in [0.1, 0.15) is 0 Å². The molecule has 112 valence electrons. The van der Waals surface area contributed by atoms with Crippen molar-refractivity contribution >= 4 is 5.69 Å². The number of benzene rings is 3. The fraction of sp³-hybridized carbons (Fsp3) is 0.143. The second-order valence-corrected chi connectivity index (χ2v) is 5.56. The lowest BCUT2D eigenvalue weighted by Gasteiger charge is -2.02. The Hall–Kier alpha value is -2.54. The summed E-state index contributed by atoms with van der Waals surface area (Å²) in [4.78, 5) is 0. The van der Waals surface area contributed by atoms with Crippen LogP contribution < -0.4 is 5.73 Å². The first kappa shape index (κ1) is 15.8. The van der Waals surface area contributed by atoms with Gasteiger partial charge in [-0.25, -0.2) is 0 Å². The average molecular weight is 289 g/mol. The molecule has 3 aromatic rings. The van der Waals surface area contributed by atoms with E-state index in [9.17, 15) is 0 Å². The molecule has 0 aromatic heterocycles. The molecule has 0 radical (unpaired) electrons. The highest BCUT2D eigenvalue weighted by atomic mass is 14.5. The molecule has 0 spiro atoms. The Bertz CT molecular complexity index is 624. The van der Waals surface area contributed by atoms with Crippen molar-refractivity contribution in [3.63, 3.8) is 0 Å². The molecule has 0 atom stereocenters. The van der Waals surface area contributed by atoms with Crippen LogP contribution in [0.1, 0.15) is 22.3 Å². The summed E-state index contributed by atoms with van der Waals surface area (Å²) in [5, 5.41) is 0. The monoisotopic (exact) mass is 289 g/mol. The van der Waals surface area contributed by atoms with Crippen molar-refractivity contribution in [3.8, 4) is 0 Å². The van der Waals surface area contributed by atoms with Gasteiger partial charge >= 0.3 is 0 Å². The highest BCUT2D eigenvalue weighted by Crippen LogP contribution is 2.12. The van der Waals surface area contributed by atoms with Crippen molar-refractivity contribution in [2.75, 3.05) is 5.73 Å². The van der Waals surface area contributed by atoms with Crippen LogP contribution in [0.25, 0.3) is 0 Å². The standard InChI is InChI=1S/C14H15N.C7H8/c1-11-2-4-12(5-3-11)10-13-6-8-14(15)9-7-13;1-7-5-3-2-4-6-7/h2-9H,10,15H2,1H3;2-6H,1H3. The first-order valence-corrected chi connectivity index (χ1v) is 7.55. The van der Waals surface area contributed by atoms with Gasteiger partial charge in [0.25, 0.3) is 0 Å². The lowest BCUT2D eigenvalue weighted by molar-refractivity contribution is 1.19. The molecule has 22 heavy (non-hydrogen) atoms. The van der Waals surface area contributed by atoms with Crippen LogP contribution >= 0.6 is 0 Å². The van der Waals surface area contributed by atoms with Crippen LogP contribution in [-0.2, 0) is 6.42 Å². The van der Waals surface area contributed by atoms with E-state index < -0.39 is 0 Å². The second-order valence-electron chi connectivity index (χ2n) is 5.56. The summed E-state index contributed by atoms with van der Waals surface area (Å²) in [7, 11) is 0. The fourth-order valence-corrected chi connectivity index (χ4v) is 2.11. The summed E-state index contributed by atoms with van der Waals surface area (Å²) in [6.07, 6.45) is 0.973. The molecular formula is C21H23N. The molecule has 0 saturated carbocycles. The minimum Gasteiger partial charge on any atom is -0.399 e. The van der Waals surface area contributed by atoms with E-state index in [0.717, 1.165) is 12.1 Å². The number of anilines is 1. The van der Waals surface area contributed by atoms with Crippen molar-refractivity contribution < 1.29 is 0 Å². The maximum Gasteiger partial charge on any atom is 0.0314 e. The van der Waals surface area contributed by atoms with Gasteiger partial charge in [0, 0.05) is 5.69 Å². The Morgan fingerprint density at radius 3 is 1.50 bits per heavy atom. The molecule has 0 fully saturated rings. The van der Waals surface area contributed by atoms with Crippen LogP contribution in [0, 0.1) is 13.8 Å². The van der Waals surface area contributed by atoms with Gasteiger partial charge in [0.15, 0.2) is 0 Å². The number of hydrogen-bond donors (Lipinski definition) is 1. The fourth-order valence-electron chi connectivity index (χ4n) is 2.11. The van der Waals surface area contributed by atoms with Crippen LogP contribution in [0.4, 0.5) is 5.69 Å². The van der Waals surface area contributed by atoms with Crippen molar-refractivity contribution in [3.05, 3.63) is 101 Å². The Morgan fingerprint density at radius 1 is 0.591 bits per heavy atom. The zero-order chi connectivity index (χ0) is 15.8. The van der Waals surface area contributed by atoms with E-state index >= 15 is 0 Å². The smallest absolute Gasteiger partial charge is 0.0314 e. The lowest BCUT2D eigenvalue weighted by Crippen LogP contribution is -1.89. The molecule has 3 rings (SSSR count). The summed E-state index contributed by atoms with van der Waals surface area (Å²) in [5.41, 5.74) is 11.7. The summed E-state index contributed by atoms with van der Waals surface area (Å²) < 4.78 is 0. The molecule has 0 heterocycles. The van der Waals surface area contributed by atoms with Crippen LogP contribution in [0.15, 0.2) is 78.9 Å². The lowest BCUT2D eigenvalue weighted by atomic mass is 10.0. The van der Waals surface area contributed by atoms with Crippen molar-refractivity contribution in [2.24, 2.45) is 0 Å². The van der Waals surface area contributed by atoms with E-state index in [1.807, 2.05) is 30.3 Å². The molecular weight excluding hydrogens is 266 g/mol. The third-order valence-corrected chi connectivity index (χ3v) is 3.45. The number of nitrogens with two attached hydrogens (primary N) is 1. The predicted octanol–water partition coefficient (Wildman–Crippen LogP) is 5.16. The van der Waals surface area contributed by atoms with Crippen molar-refractivity contribution in [2.45, 2.75) is 20.3 Å². The van der Waals surface area contributed by atoms with Gasteiger partial charge in [0.05, 0.1) is 0 Å². The summed E-state index contributed by atoms with van der Waals surface area (Å²) in [6.45, 7) is 4.19. The number of hydrogen-bond acceptors (Lipinski definition) is 1. The second kappa shape index (κ2) is 8.04. The topological polar surface area (TPSA) is 26.0 Å². The van der Waals surface area contributed by atoms with E-state index in [1.54, 1.807) is 0 Å². The van der Waals surface area contributed by atoms with Gasteiger partial charge in [-0.1, -0.05) is 77.9 Å². The number of aryl methyl sites for hydroxylation is 2. The Labute approximate surface area is 133 Å². The Morgan fingerprint density at radius 2 is 1.05 bits per heavy atom. The highest BCUT2D eigenvalue weighted by molar-refractivity contribution is 5.40. The molecule has 0 aliphatic heterocycles. The van der Waals surface area contributed by atoms with Gasteiger partial charge < -0.3 is 5.73 Å². The van der Waals surface area contributed by atoms with Crippen LogP contribution in [-0.4, -0.2) is 0 Å². The molecule has 0 aliphatic rings. The third-order valence-electron chi connectivity index (χ3n) is 3.45. The molecule has 1 nitrogen and oxygen atoms in total. The van der Waals surface area contributed by atoms with Crippen molar-refractivity contribution in [1.82, 2.24) is 0 Å². The number of nitrogen functional groups attached to an aromatic ring is 1. The summed E-state index contributed by atoms with van der Waals surface area (Å²) in [5.74, 6) is 0. The van der Waals surface area contributed by atoms with Crippen molar-refractivity contribution in [1.29, 1.82) is 0 Å². The molecule has 0 saturated heterocycles. The van der Waals surface area contributed by atoms with Gasteiger partial charge in [0.2, 0.25) is 0 Å². The summed E-state index contributed by atoms with van der Waals surface area (Å²) >= 11 is 0. The maximum atomic E-state index is 5.64. The Balaban J connectivity index is 0.000000211. The van der Waals surface area contributed by atoms with Crippen LogP contribution in [0.3, 0.4) is 0 Å². The van der Waals surface area contributed by atoms with Gasteiger partial charge in [-0.15, -0.1) is 0 Å². The van der Waals surface area contributed by atoms with Gasteiger partial charge in [-0.05, 0) is 43.5 Å². The third kappa shape index (κ3) is 5.45. The molecule has 0 unspecified atom stereocenters. The molecule has 3 aromatic carbocycles. The minimum absolute atomic E-state index is 0.822. The van der Waals surface area contributed by atoms with E-state index in [2.05, 4.69) is 62.4 Å². The average Bonchev–Trinajstić information content (AvgIpc) is 2.53. The van der Waals surface area contributed by atoms with E-state index in [-0.39, 0.29) is 0 Å². The SMILES string of the molecule is Cc1ccc(Cc2ccc(N)cc2)cc1.Cc1ccccc1. The molecule has 1 heteroatoms. The van der Waals surface area contributed by atoms with E-state index in [1.165, 1.54) is 22.3 Å². The first-order chi connectivity index (χ1) is 10.6. The predicted molar refractivity (Wildman–Crippen MR) is 96.0 cm³/mol. The zero-order valence-corrected chi connectivity index (χ0v) is 13.3. The van der Waals surface area contributed by atoms with Gasteiger partial charge in [-0.3, -0.25) is 0 Å². The molecule has 2 N–H and O–H groups in total.